The number of hydrogen-bond acceptors (Lipinski definition) is 6. The molecule has 0 saturated carbocycles. The smallest absolute Gasteiger partial charge is 0.417 e. The minimum Gasteiger partial charge on any atom is -0.439 e. The van der Waals surface area contributed by atoms with Crippen LogP contribution in [0.25, 0.3) is 0 Å². The van der Waals surface area contributed by atoms with Crippen molar-refractivity contribution >= 4 is 22.0 Å². The molecule has 1 aromatic rings. The average Bonchev–Trinajstić information content (AvgIpc) is 2.98. The fourth-order valence-electron chi connectivity index (χ4n) is 2.71. The van der Waals surface area contributed by atoms with Gasteiger partial charge in [0.2, 0.25) is 0 Å². The molecule has 2 aliphatic heterocycles. The van der Waals surface area contributed by atoms with Crippen molar-refractivity contribution in [2.24, 2.45) is 5.92 Å². The highest BCUT2D eigenvalue weighted by Crippen LogP contribution is 2.26. The molecule has 0 radical (unpaired) electrons. The Bertz CT molecular complexity index is 734. The van der Waals surface area contributed by atoms with E-state index in [9.17, 15) is 18.0 Å². The lowest BCUT2D eigenvalue weighted by molar-refractivity contribution is -0.126. The molecule has 0 spiro atoms. The summed E-state index contributed by atoms with van der Waals surface area (Å²) in [5, 5.41) is 0.0342. The topological polar surface area (TPSA) is 102 Å². The number of amides is 2. The molecule has 9 nitrogen and oxygen atoms in total. The molecular formula is C13H18N4O5S. The fourth-order valence-corrected chi connectivity index (χ4v) is 4.29. The van der Waals surface area contributed by atoms with Gasteiger partial charge in [-0.25, -0.2) is 23.1 Å². The van der Waals surface area contributed by atoms with Crippen LogP contribution in [0.2, 0.25) is 0 Å². The van der Waals surface area contributed by atoms with Crippen molar-refractivity contribution in [3.63, 3.8) is 0 Å². The summed E-state index contributed by atoms with van der Waals surface area (Å²) in [6.07, 6.45) is 0.868. The maximum absolute atomic E-state index is 12.5. The molecule has 2 amide bonds. The second-order valence-electron chi connectivity index (χ2n) is 5.66. The normalized spacial score (nSPS) is 20.0. The van der Waals surface area contributed by atoms with Gasteiger partial charge in [0.1, 0.15) is 5.82 Å². The third-order valence-electron chi connectivity index (χ3n) is 4.10. The zero-order chi connectivity index (χ0) is 16.8. The lowest BCUT2D eigenvalue weighted by atomic mass is 10.0. The minimum absolute atomic E-state index is 0.0342. The molecule has 0 atom stereocenters. The van der Waals surface area contributed by atoms with Gasteiger partial charge in [-0.1, -0.05) is 0 Å². The summed E-state index contributed by atoms with van der Waals surface area (Å²) in [7, 11) is -3.63. The first-order valence-corrected chi connectivity index (χ1v) is 8.78. The summed E-state index contributed by atoms with van der Waals surface area (Å²) in [5.74, 6) is 0.191. The van der Waals surface area contributed by atoms with Crippen LogP contribution in [0.5, 0.6) is 0 Å². The van der Waals surface area contributed by atoms with Crippen molar-refractivity contribution in [3.05, 3.63) is 12.0 Å². The molecule has 3 heterocycles. The number of aromatic nitrogens is 2. The third-order valence-corrected chi connectivity index (χ3v) is 5.81. The summed E-state index contributed by atoms with van der Waals surface area (Å²) < 4.78 is 32.7. The zero-order valence-corrected chi connectivity index (χ0v) is 13.7. The number of carbonyl (C=O) groups excluding carboxylic acids is 2. The number of cyclic esters (lactones) is 1. The second-order valence-corrected chi connectivity index (χ2v) is 7.54. The maximum atomic E-state index is 12.5. The SMILES string of the molecule is CCn1cc(S(=O)(=O)N2CC(CN3C(=O)COC3=O)C2)nc1C. The van der Waals surface area contributed by atoms with E-state index in [0.29, 0.717) is 12.4 Å². The Balaban J connectivity index is 1.64. The van der Waals surface area contributed by atoms with E-state index >= 15 is 0 Å². The van der Waals surface area contributed by atoms with Crippen molar-refractivity contribution in [1.82, 2.24) is 18.8 Å². The minimum atomic E-state index is -3.63. The molecule has 1 aromatic heterocycles. The monoisotopic (exact) mass is 342 g/mol. The van der Waals surface area contributed by atoms with E-state index in [4.69, 9.17) is 0 Å². The molecule has 0 aliphatic carbocycles. The first-order valence-electron chi connectivity index (χ1n) is 7.34. The highest BCUT2D eigenvalue weighted by molar-refractivity contribution is 7.89. The van der Waals surface area contributed by atoms with Gasteiger partial charge in [-0.2, -0.15) is 4.31 Å². The van der Waals surface area contributed by atoms with Crippen LogP contribution in [-0.2, 0) is 26.1 Å². The number of aryl methyl sites for hydroxylation is 2. The number of rotatable bonds is 5. The van der Waals surface area contributed by atoms with Crippen molar-refractivity contribution < 1.29 is 22.7 Å². The molecular weight excluding hydrogens is 324 g/mol. The molecule has 0 unspecified atom stereocenters. The predicted molar refractivity (Wildman–Crippen MR) is 77.9 cm³/mol. The maximum Gasteiger partial charge on any atom is 0.417 e. The summed E-state index contributed by atoms with van der Waals surface area (Å²) in [6.45, 7) is 4.79. The summed E-state index contributed by atoms with van der Waals surface area (Å²) in [5.41, 5.74) is 0. The molecule has 2 fully saturated rings. The van der Waals surface area contributed by atoms with Gasteiger partial charge in [0.05, 0.1) is 0 Å². The first-order chi connectivity index (χ1) is 10.8. The second kappa shape index (κ2) is 5.60. The van der Waals surface area contributed by atoms with Crippen LogP contribution in [0.15, 0.2) is 11.2 Å². The number of nitrogens with zero attached hydrogens (tertiary/aromatic N) is 4. The predicted octanol–water partition coefficient (Wildman–Crippen LogP) is -0.189. The number of sulfonamides is 1. The van der Waals surface area contributed by atoms with Gasteiger partial charge in [-0.05, 0) is 13.8 Å². The van der Waals surface area contributed by atoms with Crippen LogP contribution in [0.4, 0.5) is 4.79 Å². The number of carbonyl (C=O) groups is 2. The van der Waals surface area contributed by atoms with Gasteiger partial charge < -0.3 is 9.30 Å². The largest absolute Gasteiger partial charge is 0.439 e. The van der Waals surface area contributed by atoms with E-state index in [-0.39, 0.29) is 43.1 Å². The summed E-state index contributed by atoms with van der Waals surface area (Å²) in [4.78, 5) is 28.0. The van der Waals surface area contributed by atoms with E-state index in [1.165, 1.54) is 10.5 Å². The van der Waals surface area contributed by atoms with Gasteiger partial charge in [0.25, 0.3) is 15.9 Å². The van der Waals surface area contributed by atoms with Crippen molar-refractivity contribution in [1.29, 1.82) is 0 Å². The van der Waals surface area contributed by atoms with E-state index in [0.717, 1.165) is 4.90 Å². The van der Waals surface area contributed by atoms with Crippen molar-refractivity contribution in [2.45, 2.75) is 25.4 Å². The Labute approximate surface area is 133 Å². The molecule has 2 aliphatic rings. The van der Waals surface area contributed by atoms with Crippen LogP contribution in [0.3, 0.4) is 0 Å². The number of imidazole rings is 1. The number of ether oxygens (including phenoxy) is 1. The Kier molecular flexibility index (Phi) is 3.88. The van der Waals surface area contributed by atoms with E-state index in [1.54, 1.807) is 11.5 Å². The lowest BCUT2D eigenvalue weighted by Crippen LogP contribution is -2.54. The summed E-state index contributed by atoms with van der Waals surface area (Å²) in [6, 6.07) is 0. The average molecular weight is 342 g/mol. The third kappa shape index (κ3) is 2.72. The van der Waals surface area contributed by atoms with Crippen LogP contribution in [0, 0.1) is 12.8 Å². The van der Waals surface area contributed by atoms with Gasteiger partial charge in [0, 0.05) is 38.3 Å². The molecule has 10 heteroatoms. The first kappa shape index (κ1) is 15.9. The molecule has 3 rings (SSSR count). The van der Waals surface area contributed by atoms with Crippen molar-refractivity contribution in [3.8, 4) is 0 Å². The van der Waals surface area contributed by atoms with Gasteiger partial charge in [0.15, 0.2) is 11.6 Å². The Morgan fingerprint density at radius 2 is 2.04 bits per heavy atom. The van der Waals surface area contributed by atoms with E-state index in [1.807, 2.05) is 6.92 Å². The van der Waals surface area contributed by atoms with E-state index < -0.39 is 16.1 Å². The Morgan fingerprint density at radius 3 is 2.57 bits per heavy atom. The molecule has 23 heavy (non-hydrogen) atoms. The zero-order valence-electron chi connectivity index (χ0n) is 12.9. The van der Waals surface area contributed by atoms with Crippen molar-refractivity contribution in [2.75, 3.05) is 26.2 Å². The van der Waals surface area contributed by atoms with Crippen LogP contribution >= 0.6 is 0 Å². The molecule has 0 N–H and O–H groups in total. The molecule has 126 valence electrons. The van der Waals surface area contributed by atoms with Gasteiger partial charge >= 0.3 is 6.09 Å². The van der Waals surface area contributed by atoms with Gasteiger partial charge in [-0.15, -0.1) is 0 Å². The van der Waals surface area contributed by atoms with Gasteiger partial charge in [-0.3, -0.25) is 4.79 Å². The Morgan fingerprint density at radius 1 is 1.35 bits per heavy atom. The molecule has 0 aromatic carbocycles. The molecule has 0 bridgehead atoms. The standard InChI is InChI=1S/C13H18N4O5S/c1-3-15-7-11(14-9(15)2)23(20,21)16-4-10(5-16)6-17-12(18)8-22-13(17)19/h7,10H,3-6,8H2,1-2H3. The quantitative estimate of drug-likeness (QED) is 0.735. The molecule has 2 saturated heterocycles. The summed E-state index contributed by atoms with van der Waals surface area (Å²) >= 11 is 0. The fraction of sp³-hybridized carbons (Fsp3) is 0.615. The van der Waals surface area contributed by atoms with E-state index in [2.05, 4.69) is 9.72 Å². The van der Waals surface area contributed by atoms with Crippen LogP contribution in [0.1, 0.15) is 12.7 Å². The Hall–Kier alpha value is -1.94. The number of hydrogen-bond donors (Lipinski definition) is 0. The number of imide groups is 1. The van der Waals surface area contributed by atoms with Crippen LogP contribution in [-0.4, -0.2) is 65.4 Å². The lowest BCUT2D eigenvalue weighted by Gasteiger charge is -2.38. The van der Waals surface area contributed by atoms with Crippen LogP contribution < -0.4 is 0 Å². The highest BCUT2D eigenvalue weighted by Gasteiger charge is 2.42. The highest BCUT2D eigenvalue weighted by atomic mass is 32.2.